The van der Waals surface area contributed by atoms with Crippen molar-refractivity contribution in [1.82, 2.24) is 49.6 Å². The Morgan fingerprint density at radius 1 is 1.04 bits per heavy atom. The number of aromatic nitrogens is 4. The fourth-order valence-electron chi connectivity index (χ4n) is 10.2. The summed E-state index contributed by atoms with van der Waals surface area (Å²) in [7, 11) is 3.52. The number of imidazole rings is 1. The number of nitrogens with zero attached hydrogens (tertiary/aromatic N) is 8. The van der Waals surface area contributed by atoms with Crippen molar-refractivity contribution < 1.29 is 33.4 Å². The van der Waals surface area contributed by atoms with Crippen LogP contribution in [0.4, 0.5) is 0 Å². The minimum atomic E-state index is -1.12. The Morgan fingerprint density at radius 3 is 2.57 bits per heavy atom. The first kappa shape index (κ1) is 48.4. The Hall–Kier alpha value is -6.09. The van der Waals surface area contributed by atoms with Crippen molar-refractivity contribution in [2.45, 2.75) is 91.4 Å². The van der Waals surface area contributed by atoms with Crippen LogP contribution in [0.1, 0.15) is 65.3 Å². The maximum absolute atomic E-state index is 14.7. The smallest absolute Gasteiger partial charge is 0.324 e. The molecule has 8 rings (SSSR count). The predicted octanol–water partition coefficient (Wildman–Crippen LogP) is 3.44. The minimum Gasteiger partial charge on any atom is -0.464 e. The summed E-state index contributed by atoms with van der Waals surface area (Å²) in [6, 6.07) is 7.58. The van der Waals surface area contributed by atoms with Gasteiger partial charge in [-0.05, 0) is 74.3 Å². The number of amides is 4. The van der Waals surface area contributed by atoms with Gasteiger partial charge in [0.2, 0.25) is 11.8 Å². The summed E-state index contributed by atoms with van der Waals surface area (Å²) in [6.07, 6.45) is 7.54. The van der Waals surface area contributed by atoms with Gasteiger partial charge in [0.05, 0.1) is 49.9 Å². The van der Waals surface area contributed by atoms with Crippen LogP contribution in [0.3, 0.4) is 0 Å². The zero-order valence-electron chi connectivity index (χ0n) is 40.5. The van der Waals surface area contributed by atoms with Crippen LogP contribution in [0, 0.1) is 29.1 Å². The lowest BCUT2D eigenvalue weighted by molar-refractivity contribution is -0.155. The van der Waals surface area contributed by atoms with Gasteiger partial charge in [-0.1, -0.05) is 39.7 Å². The summed E-state index contributed by atoms with van der Waals surface area (Å²) in [5.74, 6) is 3.47. The molecule has 3 fully saturated rings. The molecule has 7 heterocycles. The quantitative estimate of drug-likeness (QED) is 0.196. The van der Waals surface area contributed by atoms with E-state index in [0.717, 1.165) is 58.6 Å². The monoisotopic (exact) mass is 931 g/mol. The van der Waals surface area contributed by atoms with Crippen LogP contribution in [0.5, 0.6) is 0 Å². The van der Waals surface area contributed by atoms with Crippen LogP contribution in [0.15, 0.2) is 48.9 Å². The molecule has 0 unspecified atom stereocenters. The van der Waals surface area contributed by atoms with E-state index >= 15 is 0 Å². The number of likely N-dealkylation sites (tertiary alicyclic amines) is 1. The average Bonchev–Trinajstić information content (AvgIpc) is 4.06. The molecule has 3 aromatic heterocycles. The number of pyridine rings is 1. The number of ether oxygens (including phenoxy) is 2. The molecular weight excluding hydrogens is 865 g/mol. The number of fused-ring (bicyclic) bond motifs is 6. The number of hydrogen-bond acceptors (Lipinski definition) is 11. The van der Waals surface area contributed by atoms with Gasteiger partial charge in [0, 0.05) is 99.6 Å². The van der Waals surface area contributed by atoms with Gasteiger partial charge in [0.15, 0.2) is 0 Å². The Balaban J connectivity index is 1.07. The number of hydrazine groups is 1. The SMILES string of the molecule is CCn1c(-c2cccnc2)c2c3cc(ccc31)-c1cnc(n1C)C[C@H](NC(=O)[C@H](C(C)C)N(C)C(=O)[C@H]1CCN(C(=O)C#CCN3CCOCC3)C1)C(=O)N1CCC[C@H](N1)C(=O)OCC(C)(C)C2. The van der Waals surface area contributed by atoms with Gasteiger partial charge in [0.25, 0.3) is 11.8 Å². The summed E-state index contributed by atoms with van der Waals surface area (Å²) in [4.78, 5) is 84.9. The number of cyclic esters (lactones) is 1. The molecule has 4 aliphatic heterocycles. The van der Waals surface area contributed by atoms with Gasteiger partial charge < -0.3 is 33.7 Å². The van der Waals surface area contributed by atoms with E-state index in [4.69, 9.17) is 14.5 Å². The topological polar surface area (TPSA) is 176 Å². The van der Waals surface area contributed by atoms with Gasteiger partial charge in [-0.15, -0.1) is 0 Å². The second-order valence-corrected chi connectivity index (χ2v) is 19.8. The van der Waals surface area contributed by atoms with Crippen molar-refractivity contribution in [3.63, 3.8) is 0 Å². The summed E-state index contributed by atoms with van der Waals surface area (Å²) in [5.41, 5.74) is 8.69. The molecule has 2 N–H and O–H groups in total. The van der Waals surface area contributed by atoms with Crippen molar-refractivity contribution in [2.75, 3.05) is 66.1 Å². The molecule has 0 aliphatic carbocycles. The maximum Gasteiger partial charge on any atom is 0.324 e. The van der Waals surface area contributed by atoms with Crippen molar-refractivity contribution in [3.05, 3.63) is 60.3 Å². The minimum absolute atomic E-state index is 0.0299. The van der Waals surface area contributed by atoms with Crippen LogP contribution in [-0.2, 0) is 59.9 Å². The second-order valence-electron chi connectivity index (χ2n) is 19.8. The molecule has 0 spiro atoms. The van der Waals surface area contributed by atoms with Crippen LogP contribution in [0.2, 0.25) is 0 Å². The first-order valence-corrected chi connectivity index (χ1v) is 24.1. The molecule has 4 amide bonds. The number of hydrogen-bond donors (Lipinski definition) is 2. The third-order valence-corrected chi connectivity index (χ3v) is 13.9. The Morgan fingerprint density at radius 2 is 1.84 bits per heavy atom. The molecule has 1 aromatic carbocycles. The van der Waals surface area contributed by atoms with Crippen molar-refractivity contribution in [3.8, 4) is 34.4 Å². The van der Waals surface area contributed by atoms with Crippen molar-refractivity contribution >= 4 is 40.5 Å². The van der Waals surface area contributed by atoms with Gasteiger partial charge >= 0.3 is 5.97 Å². The number of nitrogens with one attached hydrogen (secondary N) is 2. The van der Waals surface area contributed by atoms with Crippen molar-refractivity contribution in [2.24, 2.45) is 24.3 Å². The highest BCUT2D eigenvalue weighted by molar-refractivity contribution is 5.96. The van der Waals surface area contributed by atoms with Gasteiger partial charge in [-0.3, -0.25) is 38.9 Å². The van der Waals surface area contributed by atoms with E-state index in [1.54, 1.807) is 24.3 Å². The number of esters is 1. The first-order valence-electron chi connectivity index (χ1n) is 24.1. The molecule has 3 saturated heterocycles. The molecular formula is C51H66N10O7. The fraction of sp³-hybridized carbons (Fsp3) is 0.549. The third-order valence-electron chi connectivity index (χ3n) is 13.9. The molecule has 17 nitrogen and oxygen atoms in total. The Bertz CT molecular complexity index is 2590. The largest absolute Gasteiger partial charge is 0.464 e. The number of rotatable bonds is 8. The zero-order chi connectivity index (χ0) is 48.3. The lowest BCUT2D eigenvalue weighted by Gasteiger charge is -2.37. The molecule has 0 saturated carbocycles. The predicted molar refractivity (Wildman–Crippen MR) is 256 cm³/mol. The van der Waals surface area contributed by atoms with E-state index in [2.05, 4.69) is 82.1 Å². The van der Waals surface area contributed by atoms with Crippen LogP contribution < -0.4 is 10.7 Å². The van der Waals surface area contributed by atoms with E-state index in [-0.39, 0.29) is 37.3 Å². The molecule has 0 radical (unpaired) electrons. The lowest BCUT2D eigenvalue weighted by atomic mass is 9.84. The van der Waals surface area contributed by atoms with E-state index in [9.17, 15) is 24.0 Å². The van der Waals surface area contributed by atoms with E-state index in [1.807, 2.05) is 37.7 Å². The van der Waals surface area contributed by atoms with E-state index in [0.29, 0.717) is 64.4 Å². The number of morpholine rings is 1. The van der Waals surface area contributed by atoms with Gasteiger partial charge in [0.1, 0.15) is 23.9 Å². The van der Waals surface area contributed by atoms with E-state index < -0.39 is 47.2 Å². The average molecular weight is 931 g/mol. The number of carbonyl (C=O) groups is 5. The molecule has 4 aliphatic rings. The third kappa shape index (κ3) is 10.3. The molecule has 4 atom stereocenters. The van der Waals surface area contributed by atoms with Crippen molar-refractivity contribution in [1.29, 1.82) is 0 Å². The Kier molecular flexibility index (Phi) is 14.7. The Labute approximate surface area is 398 Å². The molecule has 362 valence electrons. The summed E-state index contributed by atoms with van der Waals surface area (Å²) < 4.78 is 15.7. The number of aryl methyl sites for hydroxylation is 1. The number of likely N-dealkylation sites (N-methyl/N-ethyl adjacent to an activating group) is 1. The van der Waals surface area contributed by atoms with E-state index in [1.165, 1.54) is 9.91 Å². The lowest BCUT2D eigenvalue weighted by Crippen LogP contribution is -2.62. The molecule has 68 heavy (non-hydrogen) atoms. The van der Waals surface area contributed by atoms with Gasteiger partial charge in [-0.2, -0.15) is 0 Å². The summed E-state index contributed by atoms with van der Waals surface area (Å²) in [6.45, 7) is 15.1. The molecule has 4 aromatic rings. The second kappa shape index (κ2) is 20.6. The normalized spacial score (nSPS) is 21.7. The molecule has 6 bridgehead atoms. The summed E-state index contributed by atoms with van der Waals surface area (Å²) >= 11 is 0. The number of benzene rings is 1. The highest BCUT2D eigenvalue weighted by Gasteiger charge is 2.40. The first-order chi connectivity index (χ1) is 32.6. The standard InChI is InChI=1S/C51H66N10O7/c1-8-60-41-16-15-34-26-37(41)38(46(60)35-12-9-18-52-29-35)28-51(4,5)32-68-50(66)39-13-10-20-61(55-39)49(65)40(27-43-53-30-42(34)56(43)6)54-47(63)45(33(2)3)57(7)48(64)36-17-21-59(31-36)44(62)14-11-19-58-22-24-67-25-23-58/h9,12,15-16,18,26,29-30,33,36,39-40,45,55H,8,10,13,17,19-25,27-28,31-32H2,1-7H3,(H,54,63)/t36-,39-,40-,45-/m0/s1. The zero-order valence-corrected chi connectivity index (χ0v) is 40.5. The molecule has 17 heteroatoms. The fourth-order valence-corrected chi connectivity index (χ4v) is 10.2. The highest BCUT2D eigenvalue weighted by Crippen LogP contribution is 2.40. The number of carbonyl (C=O) groups excluding carboxylic acids is 5. The highest BCUT2D eigenvalue weighted by atomic mass is 16.5. The van der Waals surface area contributed by atoms with Crippen LogP contribution >= 0.6 is 0 Å². The summed E-state index contributed by atoms with van der Waals surface area (Å²) in [5, 5.41) is 5.53. The van der Waals surface area contributed by atoms with Crippen LogP contribution in [-0.4, -0.2) is 153 Å². The van der Waals surface area contributed by atoms with Crippen LogP contribution in [0.25, 0.3) is 33.4 Å². The maximum atomic E-state index is 14.7. The van der Waals surface area contributed by atoms with Gasteiger partial charge in [-0.25, -0.2) is 10.4 Å².